The summed E-state index contributed by atoms with van der Waals surface area (Å²) in [6.07, 6.45) is 8.00. The van der Waals surface area contributed by atoms with E-state index in [1.165, 1.54) is 6.20 Å². The Labute approximate surface area is 137 Å². The Morgan fingerprint density at radius 3 is 3.12 bits per heavy atom. The molecule has 0 spiro atoms. The molecule has 9 heteroatoms. The first-order valence-corrected chi connectivity index (χ1v) is 7.53. The fourth-order valence-corrected chi connectivity index (χ4v) is 2.65. The van der Waals surface area contributed by atoms with Gasteiger partial charge in [0.05, 0.1) is 37.8 Å². The predicted molar refractivity (Wildman–Crippen MR) is 82.7 cm³/mol. The van der Waals surface area contributed by atoms with Crippen LogP contribution in [-0.4, -0.2) is 55.6 Å². The van der Waals surface area contributed by atoms with E-state index in [0.717, 1.165) is 0 Å². The molecule has 3 aromatic heterocycles. The molecule has 0 aliphatic carbocycles. The van der Waals surface area contributed by atoms with Crippen molar-refractivity contribution in [3.8, 4) is 5.75 Å². The summed E-state index contributed by atoms with van der Waals surface area (Å²) in [4.78, 5) is 16.7. The van der Waals surface area contributed by atoms with Crippen LogP contribution < -0.4 is 10.1 Å². The molecule has 0 unspecified atom stereocenters. The molecule has 0 bridgehead atoms. The molecule has 124 valence electrons. The highest BCUT2D eigenvalue weighted by Gasteiger charge is 2.32. The molecule has 1 N–H and O–H groups in total. The average Bonchev–Trinajstić information content (AvgIpc) is 3.28. The van der Waals surface area contributed by atoms with Gasteiger partial charge in [0, 0.05) is 19.4 Å². The van der Waals surface area contributed by atoms with Crippen LogP contribution in [0.2, 0.25) is 0 Å². The SMILES string of the molecule is Cn1cc(O[C@@H]2COC[C@@H]2NC(=O)c2cnn3cccnc23)cn1. The first-order chi connectivity index (χ1) is 11.7. The molecular formula is C15H16N6O3. The largest absolute Gasteiger partial charge is 0.482 e. The van der Waals surface area contributed by atoms with Gasteiger partial charge in [0.15, 0.2) is 11.4 Å². The normalized spacial score (nSPS) is 20.4. The summed E-state index contributed by atoms with van der Waals surface area (Å²) in [7, 11) is 1.81. The Morgan fingerprint density at radius 2 is 2.29 bits per heavy atom. The molecule has 0 saturated carbocycles. The second kappa shape index (κ2) is 5.93. The molecule has 1 saturated heterocycles. The molecule has 1 amide bonds. The summed E-state index contributed by atoms with van der Waals surface area (Å²) in [5, 5.41) is 11.1. The van der Waals surface area contributed by atoms with Crippen LogP contribution in [0.1, 0.15) is 10.4 Å². The van der Waals surface area contributed by atoms with E-state index in [9.17, 15) is 4.79 Å². The van der Waals surface area contributed by atoms with E-state index in [2.05, 4.69) is 20.5 Å². The highest BCUT2D eigenvalue weighted by atomic mass is 16.5. The van der Waals surface area contributed by atoms with Gasteiger partial charge in [0.2, 0.25) is 0 Å². The zero-order valence-electron chi connectivity index (χ0n) is 13.0. The van der Waals surface area contributed by atoms with Crippen molar-refractivity contribution in [3.63, 3.8) is 0 Å². The van der Waals surface area contributed by atoms with Gasteiger partial charge in [-0.1, -0.05) is 0 Å². The van der Waals surface area contributed by atoms with Crippen molar-refractivity contribution in [2.45, 2.75) is 12.1 Å². The molecule has 3 aromatic rings. The van der Waals surface area contributed by atoms with Crippen molar-refractivity contribution in [1.29, 1.82) is 0 Å². The molecule has 24 heavy (non-hydrogen) atoms. The molecular weight excluding hydrogens is 312 g/mol. The van der Waals surface area contributed by atoms with Crippen LogP contribution in [0.4, 0.5) is 0 Å². The van der Waals surface area contributed by atoms with Gasteiger partial charge in [-0.15, -0.1) is 0 Å². The smallest absolute Gasteiger partial charge is 0.257 e. The molecule has 2 atom stereocenters. The van der Waals surface area contributed by atoms with Crippen LogP contribution in [0.25, 0.3) is 5.65 Å². The fraction of sp³-hybridized carbons (Fsp3) is 0.333. The third kappa shape index (κ3) is 2.69. The first-order valence-electron chi connectivity index (χ1n) is 7.53. The van der Waals surface area contributed by atoms with Gasteiger partial charge in [-0.25, -0.2) is 9.50 Å². The number of nitrogens with one attached hydrogen (secondary N) is 1. The third-order valence-corrected chi connectivity index (χ3v) is 3.84. The van der Waals surface area contributed by atoms with Gasteiger partial charge in [-0.2, -0.15) is 10.2 Å². The van der Waals surface area contributed by atoms with E-state index in [4.69, 9.17) is 9.47 Å². The molecule has 4 rings (SSSR count). The number of aryl methyl sites for hydroxylation is 1. The Morgan fingerprint density at radius 1 is 1.38 bits per heavy atom. The average molecular weight is 328 g/mol. The lowest BCUT2D eigenvalue weighted by molar-refractivity contribution is 0.0905. The Balaban J connectivity index is 1.48. The van der Waals surface area contributed by atoms with Crippen LogP contribution in [0, 0.1) is 0 Å². The van der Waals surface area contributed by atoms with Crippen LogP contribution in [0.15, 0.2) is 37.1 Å². The van der Waals surface area contributed by atoms with Crippen molar-refractivity contribution in [2.24, 2.45) is 7.05 Å². The lowest BCUT2D eigenvalue weighted by atomic mass is 10.2. The van der Waals surface area contributed by atoms with Crippen LogP contribution in [0.5, 0.6) is 5.75 Å². The third-order valence-electron chi connectivity index (χ3n) is 3.84. The second-order valence-electron chi connectivity index (χ2n) is 5.57. The van der Waals surface area contributed by atoms with Gasteiger partial charge in [-0.05, 0) is 6.07 Å². The van der Waals surface area contributed by atoms with Crippen molar-refractivity contribution in [2.75, 3.05) is 13.2 Å². The van der Waals surface area contributed by atoms with E-state index in [1.54, 1.807) is 40.1 Å². The fourth-order valence-electron chi connectivity index (χ4n) is 2.65. The highest BCUT2D eigenvalue weighted by Crippen LogP contribution is 2.17. The minimum atomic E-state index is -0.270. The number of hydrogen-bond acceptors (Lipinski definition) is 6. The number of amides is 1. The maximum atomic E-state index is 12.5. The lowest BCUT2D eigenvalue weighted by Crippen LogP contribution is -2.45. The number of rotatable bonds is 4. The van der Waals surface area contributed by atoms with Crippen molar-refractivity contribution < 1.29 is 14.3 Å². The number of aromatic nitrogens is 5. The van der Waals surface area contributed by atoms with Crippen LogP contribution >= 0.6 is 0 Å². The number of nitrogens with zero attached hydrogens (tertiary/aromatic N) is 5. The minimum Gasteiger partial charge on any atom is -0.482 e. The molecule has 4 heterocycles. The summed E-state index contributed by atoms with van der Waals surface area (Å²) in [5.41, 5.74) is 0.932. The van der Waals surface area contributed by atoms with Gasteiger partial charge < -0.3 is 14.8 Å². The lowest BCUT2D eigenvalue weighted by Gasteiger charge is -2.19. The standard InChI is InChI=1S/C15H16N6O3/c1-20-7-10(5-17-20)24-13-9-23-8-12(13)19-15(22)11-6-18-21-4-2-3-16-14(11)21/h2-7,12-13H,8-9H2,1H3,(H,19,22)/t12-,13+/m0/s1. The van der Waals surface area contributed by atoms with E-state index in [-0.39, 0.29) is 18.1 Å². The zero-order valence-corrected chi connectivity index (χ0v) is 13.0. The summed E-state index contributed by atoms with van der Waals surface area (Å²) in [6, 6.07) is 1.50. The van der Waals surface area contributed by atoms with Gasteiger partial charge in [-0.3, -0.25) is 9.48 Å². The van der Waals surface area contributed by atoms with Gasteiger partial charge in [0.1, 0.15) is 11.7 Å². The van der Waals surface area contributed by atoms with Crippen molar-refractivity contribution >= 4 is 11.6 Å². The molecule has 1 fully saturated rings. The van der Waals surface area contributed by atoms with E-state index >= 15 is 0 Å². The van der Waals surface area contributed by atoms with Gasteiger partial charge in [0.25, 0.3) is 5.91 Å². The quantitative estimate of drug-likeness (QED) is 0.726. The molecule has 0 radical (unpaired) electrons. The summed E-state index contributed by atoms with van der Waals surface area (Å²) >= 11 is 0. The first kappa shape index (κ1) is 14.6. The summed E-state index contributed by atoms with van der Waals surface area (Å²) in [6.45, 7) is 0.802. The highest BCUT2D eigenvalue weighted by molar-refractivity contribution is 5.99. The number of ether oxygens (including phenoxy) is 2. The predicted octanol–water partition coefficient (Wildman–Crippen LogP) is 0.0390. The van der Waals surface area contributed by atoms with Crippen LogP contribution in [0.3, 0.4) is 0 Å². The number of carbonyl (C=O) groups is 1. The van der Waals surface area contributed by atoms with Crippen molar-refractivity contribution in [3.05, 3.63) is 42.6 Å². The Bertz CT molecular complexity index is 873. The maximum absolute atomic E-state index is 12.5. The monoisotopic (exact) mass is 328 g/mol. The zero-order chi connectivity index (χ0) is 16.5. The number of fused-ring (bicyclic) bond motifs is 1. The van der Waals surface area contributed by atoms with E-state index in [1.807, 2.05) is 7.05 Å². The Kier molecular flexibility index (Phi) is 3.62. The van der Waals surface area contributed by atoms with Crippen LogP contribution in [-0.2, 0) is 11.8 Å². The molecule has 9 nitrogen and oxygen atoms in total. The summed E-state index contributed by atoms with van der Waals surface area (Å²) in [5.74, 6) is 0.392. The molecule has 1 aliphatic rings. The Hall–Kier alpha value is -2.94. The number of hydrogen-bond donors (Lipinski definition) is 1. The molecule has 1 aliphatic heterocycles. The minimum absolute atomic E-state index is 0.251. The van der Waals surface area contributed by atoms with Crippen molar-refractivity contribution in [1.82, 2.24) is 29.7 Å². The maximum Gasteiger partial charge on any atom is 0.257 e. The van der Waals surface area contributed by atoms with E-state index in [0.29, 0.717) is 30.2 Å². The van der Waals surface area contributed by atoms with E-state index < -0.39 is 0 Å². The van der Waals surface area contributed by atoms with Gasteiger partial charge >= 0.3 is 0 Å². The summed E-state index contributed by atoms with van der Waals surface area (Å²) < 4.78 is 14.5. The second-order valence-corrected chi connectivity index (χ2v) is 5.57. The molecule has 0 aromatic carbocycles. The topological polar surface area (TPSA) is 95.6 Å². The number of carbonyl (C=O) groups excluding carboxylic acids is 1.